The summed E-state index contributed by atoms with van der Waals surface area (Å²) in [4.78, 5) is 13.0. The lowest BCUT2D eigenvalue weighted by Gasteiger charge is -2.28. The fraction of sp³-hybridized carbons (Fsp3) is 0.417. The van der Waals surface area contributed by atoms with Crippen LogP contribution in [0.3, 0.4) is 0 Å². The number of benzene rings is 1. The Kier molecular flexibility index (Phi) is 5.49. The first-order chi connectivity index (χ1) is 9.20. The third kappa shape index (κ3) is 5.16. The number of hydrazine groups is 1. The van der Waals surface area contributed by atoms with Crippen molar-refractivity contribution in [2.45, 2.75) is 13.0 Å². The van der Waals surface area contributed by atoms with Gasteiger partial charge in [-0.2, -0.15) is 8.42 Å². The first-order valence-electron chi connectivity index (χ1n) is 5.95. The lowest BCUT2D eigenvalue weighted by molar-refractivity contribution is -0.133. The highest BCUT2D eigenvalue weighted by molar-refractivity contribution is 7.85. The van der Waals surface area contributed by atoms with Crippen LogP contribution in [0, 0.1) is 0 Å². The summed E-state index contributed by atoms with van der Waals surface area (Å²) in [6.07, 6.45) is 0. The van der Waals surface area contributed by atoms with Gasteiger partial charge in [0.05, 0.1) is 0 Å². The van der Waals surface area contributed by atoms with Crippen LogP contribution in [0.15, 0.2) is 30.3 Å². The summed E-state index contributed by atoms with van der Waals surface area (Å²) >= 11 is 0. The normalized spacial score (nSPS) is 13.1. The predicted octanol–water partition coefficient (Wildman–Crippen LogP) is 0.638. The second-order valence-corrected chi connectivity index (χ2v) is 5.93. The molecule has 0 fully saturated rings. The van der Waals surface area contributed by atoms with Gasteiger partial charge >= 0.3 is 0 Å². The summed E-state index contributed by atoms with van der Waals surface area (Å²) in [5.41, 5.74) is 3.83. The molecule has 1 amide bonds. The van der Waals surface area contributed by atoms with Crippen molar-refractivity contribution in [3.63, 3.8) is 0 Å². The molecule has 0 heterocycles. The molecule has 2 N–H and O–H groups in total. The molecule has 1 aromatic carbocycles. The van der Waals surface area contributed by atoms with Crippen LogP contribution in [0.4, 0.5) is 5.69 Å². The number of anilines is 1. The Hall–Kier alpha value is -1.64. The molecule has 1 atom stereocenters. The minimum Gasteiger partial charge on any atom is -0.328 e. The van der Waals surface area contributed by atoms with E-state index in [-0.39, 0.29) is 0 Å². The van der Waals surface area contributed by atoms with Gasteiger partial charge in [0.2, 0.25) is 5.91 Å². The van der Waals surface area contributed by atoms with E-state index in [0.29, 0.717) is 0 Å². The molecule has 0 bridgehead atoms. The van der Waals surface area contributed by atoms with Crippen LogP contribution < -0.4 is 5.43 Å². The molecule has 0 aromatic heterocycles. The largest absolute Gasteiger partial charge is 0.328 e. The first-order valence-corrected chi connectivity index (χ1v) is 7.56. The maximum Gasteiger partial charge on any atom is 0.283 e. The van der Waals surface area contributed by atoms with E-state index in [1.165, 1.54) is 7.05 Å². The van der Waals surface area contributed by atoms with Gasteiger partial charge in [0.15, 0.2) is 0 Å². The quantitative estimate of drug-likeness (QED) is 0.592. The van der Waals surface area contributed by atoms with Crippen molar-refractivity contribution < 1.29 is 17.8 Å². The number of nitrogens with zero attached hydrogens (tertiary/aromatic N) is 2. The average Bonchev–Trinajstić information content (AvgIpc) is 2.36. The number of carbonyl (C=O) groups excluding carboxylic acids is 1. The minimum absolute atomic E-state index is 0.423. The summed E-state index contributed by atoms with van der Waals surface area (Å²) in [6.45, 7) is 1.64. The summed E-state index contributed by atoms with van der Waals surface area (Å²) in [5, 5.41) is 1.57. The smallest absolute Gasteiger partial charge is 0.283 e. The van der Waals surface area contributed by atoms with Crippen LogP contribution in [0.25, 0.3) is 0 Å². The number of amides is 1. The van der Waals surface area contributed by atoms with Crippen LogP contribution in [-0.4, -0.2) is 54.8 Å². The molecule has 0 aliphatic carbocycles. The lowest BCUT2D eigenvalue weighted by Crippen LogP contribution is -2.47. The number of carbonyl (C=O) groups is 1. The molecule has 0 saturated carbocycles. The Bertz CT molecular complexity index is 547. The van der Waals surface area contributed by atoms with E-state index in [2.05, 4.69) is 5.43 Å². The molecule has 20 heavy (non-hydrogen) atoms. The molecular weight excluding hydrogens is 282 g/mol. The highest BCUT2D eigenvalue weighted by Crippen LogP contribution is 2.09. The molecular formula is C12H19N3O4S. The molecule has 0 aliphatic rings. The fourth-order valence-electron chi connectivity index (χ4n) is 1.61. The summed E-state index contributed by atoms with van der Waals surface area (Å²) in [5.74, 6) is -1.15. The van der Waals surface area contributed by atoms with E-state index in [1.807, 2.05) is 30.3 Å². The third-order valence-electron chi connectivity index (χ3n) is 2.75. The number of likely N-dealkylation sites (N-methyl/N-ethyl adjacent to an activating group) is 2. The molecule has 0 spiro atoms. The zero-order chi connectivity index (χ0) is 15.3. The van der Waals surface area contributed by atoms with Crippen molar-refractivity contribution in [2.75, 3.05) is 25.4 Å². The van der Waals surface area contributed by atoms with Crippen molar-refractivity contribution in [1.82, 2.24) is 9.91 Å². The number of rotatable bonds is 6. The van der Waals surface area contributed by atoms with E-state index in [4.69, 9.17) is 4.55 Å². The second-order valence-electron chi connectivity index (χ2n) is 4.51. The number of hydrogen-bond acceptors (Lipinski definition) is 5. The predicted molar refractivity (Wildman–Crippen MR) is 76.5 cm³/mol. The van der Waals surface area contributed by atoms with Gasteiger partial charge in [0, 0.05) is 19.8 Å². The van der Waals surface area contributed by atoms with Gasteiger partial charge in [0.1, 0.15) is 11.9 Å². The van der Waals surface area contributed by atoms with Crippen molar-refractivity contribution in [2.24, 2.45) is 0 Å². The van der Waals surface area contributed by atoms with Gasteiger partial charge in [-0.3, -0.25) is 9.35 Å². The number of hydrogen-bond donors (Lipinski definition) is 2. The molecule has 7 nitrogen and oxygen atoms in total. The number of para-hydroxylation sites is 1. The summed E-state index contributed by atoms with van der Waals surface area (Å²) in [6, 6.07) is 8.67. The van der Waals surface area contributed by atoms with Crippen LogP contribution in [0.1, 0.15) is 6.92 Å². The summed E-state index contributed by atoms with van der Waals surface area (Å²) in [7, 11) is -1.22. The van der Waals surface area contributed by atoms with Crippen LogP contribution in [-0.2, 0) is 14.9 Å². The zero-order valence-electron chi connectivity index (χ0n) is 11.6. The monoisotopic (exact) mass is 301 g/mol. The fourth-order valence-corrected chi connectivity index (χ4v) is 2.22. The first kappa shape index (κ1) is 16.4. The van der Waals surface area contributed by atoms with E-state index >= 15 is 0 Å². The Morgan fingerprint density at radius 3 is 2.35 bits per heavy atom. The Labute approximate surface area is 118 Å². The van der Waals surface area contributed by atoms with Crippen molar-refractivity contribution in [1.29, 1.82) is 0 Å². The van der Waals surface area contributed by atoms with E-state index in [9.17, 15) is 13.2 Å². The lowest BCUT2D eigenvalue weighted by atomic mass is 10.3. The van der Waals surface area contributed by atoms with Gasteiger partial charge in [-0.1, -0.05) is 18.2 Å². The van der Waals surface area contributed by atoms with Crippen molar-refractivity contribution in [3.05, 3.63) is 30.3 Å². The molecule has 0 aliphatic heterocycles. The van der Waals surface area contributed by atoms with Crippen LogP contribution >= 0.6 is 0 Å². The average molecular weight is 301 g/mol. The molecule has 112 valence electrons. The molecule has 8 heteroatoms. The van der Waals surface area contributed by atoms with Gasteiger partial charge in [-0.05, 0) is 19.1 Å². The molecule has 1 aromatic rings. The Morgan fingerprint density at radius 1 is 1.30 bits per heavy atom. The van der Waals surface area contributed by atoms with E-state index in [1.54, 1.807) is 19.0 Å². The Morgan fingerprint density at radius 2 is 1.85 bits per heavy atom. The molecule has 1 rings (SSSR count). The Balaban J connectivity index is 2.64. The van der Waals surface area contributed by atoms with Crippen molar-refractivity contribution >= 4 is 21.7 Å². The van der Waals surface area contributed by atoms with Gasteiger partial charge < -0.3 is 10.3 Å². The molecule has 0 saturated heterocycles. The van der Waals surface area contributed by atoms with Gasteiger partial charge in [-0.15, -0.1) is 0 Å². The summed E-state index contributed by atoms with van der Waals surface area (Å²) < 4.78 is 30.3. The second kappa shape index (κ2) is 6.69. The van der Waals surface area contributed by atoms with Crippen molar-refractivity contribution in [3.8, 4) is 0 Å². The number of nitrogens with one attached hydrogen (secondary N) is 1. The SMILES string of the molecule is CC(C(=O)N(C)CS(=O)(=O)O)N(C)Nc1ccccc1. The molecule has 1 unspecified atom stereocenters. The molecule has 0 radical (unpaired) electrons. The van der Waals surface area contributed by atoms with Gasteiger partial charge in [-0.25, -0.2) is 5.01 Å². The van der Waals surface area contributed by atoms with E-state index in [0.717, 1.165) is 10.6 Å². The maximum absolute atomic E-state index is 12.0. The van der Waals surface area contributed by atoms with E-state index < -0.39 is 27.9 Å². The maximum atomic E-state index is 12.0. The highest BCUT2D eigenvalue weighted by Gasteiger charge is 2.24. The standard InChI is InChI=1S/C12H19N3O4S/c1-10(12(16)14(2)9-20(17,18)19)15(3)13-11-7-5-4-6-8-11/h4-8,10,13H,9H2,1-3H3,(H,17,18,19). The van der Waals surface area contributed by atoms with Gasteiger partial charge in [0.25, 0.3) is 10.1 Å². The van der Waals surface area contributed by atoms with Crippen LogP contribution in [0.2, 0.25) is 0 Å². The third-order valence-corrected chi connectivity index (χ3v) is 3.46. The highest BCUT2D eigenvalue weighted by atomic mass is 32.2. The zero-order valence-corrected chi connectivity index (χ0v) is 12.5. The topological polar surface area (TPSA) is 90.0 Å². The minimum atomic E-state index is -4.22. The van der Waals surface area contributed by atoms with Crippen LogP contribution in [0.5, 0.6) is 0 Å².